The second-order valence-corrected chi connectivity index (χ2v) is 7.78. The fraction of sp³-hybridized carbons (Fsp3) is 0.500. The van der Waals surface area contributed by atoms with Crippen LogP contribution in [0, 0.1) is 5.92 Å². The lowest BCUT2D eigenvalue weighted by Crippen LogP contribution is -2.59. The quantitative estimate of drug-likeness (QED) is 0.845. The summed E-state index contributed by atoms with van der Waals surface area (Å²) in [5.41, 5.74) is 2.26. The highest BCUT2D eigenvalue weighted by Gasteiger charge is 2.38. The van der Waals surface area contributed by atoms with Crippen LogP contribution >= 0.6 is 0 Å². The van der Waals surface area contributed by atoms with E-state index in [9.17, 15) is 0 Å². The predicted octanol–water partition coefficient (Wildman–Crippen LogP) is 3.30. The van der Waals surface area contributed by atoms with Crippen LogP contribution in [-0.4, -0.2) is 39.8 Å². The monoisotopic (exact) mass is 350 g/mol. The van der Waals surface area contributed by atoms with Crippen LogP contribution in [0.2, 0.25) is 0 Å². The van der Waals surface area contributed by atoms with Crippen molar-refractivity contribution in [2.45, 2.75) is 45.3 Å². The number of anilines is 1. The Bertz CT molecular complexity index is 880. The Kier molecular flexibility index (Phi) is 3.74. The number of aliphatic imine (C=N–C) groups is 1. The van der Waals surface area contributed by atoms with Gasteiger partial charge in [0.1, 0.15) is 6.17 Å². The third-order valence-corrected chi connectivity index (χ3v) is 5.84. The van der Waals surface area contributed by atoms with Crippen LogP contribution in [0.5, 0.6) is 0 Å². The number of hydrogen-bond donors (Lipinski definition) is 1. The van der Waals surface area contributed by atoms with Crippen LogP contribution in [0.1, 0.15) is 39.3 Å². The summed E-state index contributed by atoms with van der Waals surface area (Å²) in [6.45, 7) is 6.01. The van der Waals surface area contributed by atoms with Gasteiger partial charge in [0.05, 0.1) is 24.4 Å². The third kappa shape index (κ3) is 2.43. The molecular formula is C20H26N6. The van der Waals surface area contributed by atoms with Gasteiger partial charge in [-0.15, -0.1) is 0 Å². The van der Waals surface area contributed by atoms with Crippen LogP contribution in [0.15, 0.2) is 41.4 Å². The first kappa shape index (κ1) is 15.9. The minimum atomic E-state index is 0.211. The Morgan fingerprint density at radius 1 is 1.19 bits per heavy atom. The van der Waals surface area contributed by atoms with Gasteiger partial charge in [0, 0.05) is 12.0 Å². The van der Waals surface area contributed by atoms with Crippen LogP contribution in [0.3, 0.4) is 0 Å². The summed E-state index contributed by atoms with van der Waals surface area (Å²) in [4.78, 5) is 14.4. The molecule has 2 aromatic rings. The van der Waals surface area contributed by atoms with E-state index in [0.29, 0.717) is 12.0 Å². The van der Waals surface area contributed by atoms with Gasteiger partial charge in [-0.2, -0.15) is 0 Å². The number of allylic oxidation sites excluding steroid dienone is 2. The topological polar surface area (TPSA) is 48.7 Å². The molecule has 1 aromatic heterocycles. The van der Waals surface area contributed by atoms with E-state index >= 15 is 0 Å². The molecule has 0 bridgehead atoms. The van der Waals surface area contributed by atoms with Crippen molar-refractivity contribution >= 4 is 22.9 Å². The van der Waals surface area contributed by atoms with Crippen molar-refractivity contribution in [3.8, 4) is 0 Å². The lowest BCUT2D eigenvalue weighted by atomic mass is 9.91. The zero-order valence-corrected chi connectivity index (χ0v) is 15.5. The maximum Gasteiger partial charge on any atom is 0.216 e. The standard InChI is InChI=1S/C20H26N6/c1-14(2)24-12-21-19-23-18(15-8-4-3-5-9-15)26-17-11-7-6-10-16(17)22-20(26)25(19)13-24/h3-4,6-7,10-11,14-15,18H,5,8-9,12-13H2,1-2H3,(H,21,23)/t15-,18-/m0/s1. The lowest BCUT2D eigenvalue weighted by molar-refractivity contribution is 0.212. The molecule has 2 atom stereocenters. The minimum absolute atomic E-state index is 0.211. The number of fused-ring (bicyclic) bond motifs is 5. The normalized spacial score (nSPS) is 25.8. The van der Waals surface area contributed by atoms with Gasteiger partial charge in [-0.1, -0.05) is 24.3 Å². The molecule has 6 heteroatoms. The second kappa shape index (κ2) is 6.13. The molecule has 1 aliphatic carbocycles. The molecule has 2 aliphatic heterocycles. The Morgan fingerprint density at radius 2 is 2.08 bits per heavy atom. The number of imidazole rings is 1. The van der Waals surface area contributed by atoms with E-state index < -0.39 is 0 Å². The first-order valence-corrected chi connectivity index (χ1v) is 9.67. The molecule has 6 nitrogen and oxygen atoms in total. The molecule has 3 aliphatic rings. The second-order valence-electron chi connectivity index (χ2n) is 7.78. The van der Waals surface area contributed by atoms with Crippen molar-refractivity contribution in [2.24, 2.45) is 10.9 Å². The zero-order chi connectivity index (χ0) is 17.7. The molecule has 0 fully saturated rings. The number of rotatable bonds is 2. The van der Waals surface area contributed by atoms with Gasteiger partial charge in [0.2, 0.25) is 11.9 Å². The maximum atomic E-state index is 5.00. The number of benzene rings is 1. The SMILES string of the molecule is CC(C)N1CN=C2N[C@H]([C@H]3CC=CCC3)n3c(nc4ccccc43)N2C1. The third-order valence-electron chi connectivity index (χ3n) is 5.84. The summed E-state index contributed by atoms with van der Waals surface area (Å²) >= 11 is 0. The van der Waals surface area contributed by atoms with Gasteiger partial charge in [0.25, 0.3) is 0 Å². The van der Waals surface area contributed by atoms with E-state index in [-0.39, 0.29) is 6.17 Å². The lowest BCUT2D eigenvalue weighted by Gasteiger charge is -2.44. The summed E-state index contributed by atoms with van der Waals surface area (Å²) in [6, 6.07) is 8.93. The van der Waals surface area contributed by atoms with Gasteiger partial charge in [-0.25, -0.2) is 9.98 Å². The number of para-hydroxylation sites is 2. The molecule has 1 N–H and O–H groups in total. The highest BCUT2D eigenvalue weighted by Crippen LogP contribution is 2.37. The van der Waals surface area contributed by atoms with Crippen LogP contribution in [-0.2, 0) is 0 Å². The number of hydrogen-bond acceptors (Lipinski definition) is 5. The molecule has 0 amide bonds. The van der Waals surface area contributed by atoms with Crippen molar-refractivity contribution in [1.82, 2.24) is 19.8 Å². The van der Waals surface area contributed by atoms with Gasteiger partial charge in [-0.05, 0) is 45.2 Å². The highest BCUT2D eigenvalue weighted by molar-refractivity contribution is 5.98. The molecule has 1 aromatic carbocycles. The molecule has 26 heavy (non-hydrogen) atoms. The van der Waals surface area contributed by atoms with Gasteiger partial charge >= 0.3 is 0 Å². The summed E-state index contributed by atoms with van der Waals surface area (Å²) in [5.74, 6) is 2.56. The van der Waals surface area contributed by atoms with Gasteiger partial charge in [-0.3, -0.25) is 14.4 Å². The molecule has 0 unspecified atom stereocenters. The predicted molar refractivity (Wildman–Crippen MR) is 105 cm³/mol. The van der Waals surface area contributed by atoms with Crippen LogP contribution < -0.4 is 10.2 Å². The van der Waals surface area contributed by atoms with Crippen molar-refractivity contribution in [1.29, 1.82) is 0 Å². The number of aromatic nitrogens is 2. The van der Waals surface area contributed by atoms with E-state index in [1.54, 1.807) is 0 Å². The zero-order valence-electron chi connectivity index (χ0n) is 15.5. The average Bonchev–Trinajstić information content (AvgIpc) is 3.07. The van der Waals surface area contributed by atoms with E-state index in [2.05, 4.69) is 69.9 Å². The highest BCUT2D eigenvalue weighted by atomic mass is 15.5. The smallest absolute Gasteiger partial charge is 0.216 e. The Balaban J connectivity index is 1.64. The Morgan fingerprint density at radius 3 is 2.88 bits per heavy atom. The van der Waals surface area contributed by atoms with Crippen LogP contribution in [0.25, 0.3) is 11.0 Å². The summed E-state index contributed by atoms with van der Waals surface area (Å²) < 4.78 is 2.40. The van der Waals surface area contributed by atoms with Crippen molar-refractivity contribution in [3.63, 3.8) is 0 Å². The minimum Gasteiger partial charge on any atom is -0.335 e. The average molecular weight is 350 g/mol. The number of guanidine groups is 1. The van der Waals surface area contributed by atoms with Crippen molar-refractivity contribution in [2.75, 3.05) is 18.2 Å². The maximum absolute atomic E-state index is 5.00. The van der Waals surface area contributed by atoms with Gasteiger partial charge < -0.3 is 5.32 Å². The molecule has 0 saturated heterocycles. The molecular weight excluding hydrogens is 324 g/mol. The number of nitrogens with one attached hydrogen (secondary N) is 1. The Hall–Kier alpha value is -2.34. The summed E-state index contributed by atoms with van der Waals surface area (Å²) in [7, 11) is 0. The molecule has 136 valence electrons. The summed E-state index contributed by atoms with van der Waals surface area (Å²) in [5, 5.41) is 3.76. The molecule has 0 radical (unpaired) electrons. The Labute approximate surface area is 154 Å². The molecule has 5 rings (SSSR count). The van der Waals surface area contributed by atoms with E-state index in [1.807, 2.05) is 0 Å². The van der Waals surface area contributed by atoms with E-state index in [0.717, 1.165) is 43.6 Å². The van der Waals surface area contributed by atoms with Crippen molar-refractivity contribution < 1.29 is 0 Å². The fourth-order valence-electron chi connectivity index (χ4n) is 4.27. The van der Waals surface area contributed by atoms with Crippen molar-refractivity contribution in [3.05, 3.63) is 36.4 Å². The molecule has 0 saturated carbocycles. The first-order chi connectivity index (χ1) is 12.7. The van der Waals surface area contributed by atoms with E-state index in [4.69, 9.17) is 9.98 Å². The van der Waals surface area contributed by atoms with Crippen LogP contribution in [0.4, 0.5) is 5.95 Å². The largest absolute Gasteiger partial charge is 0.335 e. The number of nitrogens with zero attached hydrogens (tertiary/aromatic N) is 5. The van der Waals surface area contributed by atoms with Gasteiger partial charge in [0.15, 0.2) is 0 Å². The van der Waals surface area contributed by atoms with E-state index in [1.165, 1.54) is 11.9 Å². The first-order valence-electron chi connectivity index (χ1n) is 9.67. The fourth-order valence-corrected chi connectivity index (χ4v) is 4.27. The molecule has 3 heterocycles. The summed E-state index contributed by atoms with van der Waals surface area (Å²) in [6.07, 6.45) is 8.30. The molecule has 0 spiro atoms.